The van der Waals surface area contributed by atoms with E-state index in [-0.39, 0.29) is 12.5 Å². The lowest BCUT2D eigenvalue weighted by Gasteiger charge is -2.10. The number of methoxy groups -OCH3 is 1. The third kappa shape index (κ3) is 4.52. The second-order valence-corrected chi connectivity index (χ2v) is 4.40. The Labute approximate surface area is 123 Å². The first-order valence-electron chi connectivity index (χ1n) is 6.63. The zero-order valence-corrected chi connectivity index (χ0v) is 12.1. The molecule has 0 saturated carbocycles. The Hall–Kier alpha value is -2.50. The minimum atomic E-state index is -0.204. The molecule has 1 aromatic heterocycles. The predicted octanol–water partition coefficient (Wildman–Crippen LogP) is 1.73. The minimum absolute atomic E-state index is 0.0645. The van der Waals surface area contributed by atoms with Crippen molar-refractivity contribution >= 4 is 5.91 Å². The fraction of sp³-hybridized carbons (Fsp3) is 0.333. The van der Waals surface area contributed by atoms with Crippen LogP contribution in [0.25, 0.3) is 0 Å². The largest absolute Gasteiger partial charge is 0.493 e. The van der Waals surface area contributed by atoms with Gasteiger partial charge in [-0.2, -0.15) is 0 Å². The van der Waals surface area contributed by atoms with Gasteiger partial charge < -0.3 is 19.2 Å². The molecule has 0 spiro atoms. The van der Waals surface area contributed by atoms with Gasteiger partial charge in [0.05, 0.1) is 13.3 Å². The number of carbonyl (C=O) groups is 1. The van der Waals surface area contributed by atoms with Crippen molar-refractivity contribution in [2.24, 2.45) is 0 Å². The average Bonchev–Trinajstić information content (AvgIpc) is 2.91. The van der Waals surface area contributed by atoms with Crippen LogP contribution in [0.3, 0.4) is 0 Å². The molecule has 2 aromatic rings. The first kappa shape index (κ1) is 14.9. The molecule has 6 heteroatoms. The molecule has 1 N–H and O–H groups in total. The average molecular weight is 290 g/mol. The van der Waals surface area contributed by atoms with Gasteiger partial charge in [-0.15, -0.1) is 0 Å². The van der Waals surface area contributed by atoms with Gasteiger partial charge >= 0.3 is 0 Å². The lowest BCUT2D eigenvalue weighted by molar-refractivity contribution is -0.123. The van der Waals surface area contributed by atoms with Gasteiger partial charge in [0.25, 0.3) is 5.91 Å². The summed E-state index contributed by atoms with van der Waals surface area (Å²) >= 11 is 0. The minimum Gasteiger partial charge on any atom is -0.493 e. The zero-order valence-electron chi connectivity index (χ0n) is 12.1. The lowest BCUT2D eigenvalue weighted by Crippen LogP contribution is -2.30. The number of aromatic nitrogens is 1. The van der Waals surface area contributed by atoms with Crippen molar-refractivity contribution in [3.63, 3.8) is 0 Å². The fourth-order valence-corrected chi connectivity index (χ4v) is 1.76. The van der Waals surface area contributed by atoms with Crippen LogP contribution < -0.4 is 14.8 Å². The molecule has 0 saturated heterocycles. The summed E-state index contributed by atoms with van der Waals surface area (Å²) in [4.78, 5) is 15.7. The third-order valence-electron chi connectivity index (χ3n) is 2.76. The standard InChI is InChI=1S/C15H18N2O4/c1-11-9-17-15(21-11)7-8-16-14(18)10-20-13-6-4-3-5-12(13)19-2/h3-6,9H,7-8,10H2,1-2H3,(H,16,18). The Morgan fingerprint density at radius 3 is 2.76 bits per heavy atom. The summed E-state index contributed by atoms with van der Waals surface area (Å²) in [6, 6.07) is 7.19. The lowest BCUT2D eigenvalue weighted by atomic mass is 10.3. The Bertz CT molecular complexity index is 595. The van der Waals surface area contributed by atoms with Crippen LogP contribution in [0.2, 0.25) is 0 Å². The van der Waals surface area contributed by atoms with Crippen LogP contribution in [0.5, 0.6) is 11.5 Å². The van der Waals surface area contributed by atoms with Crippen molar-refractivity contribution in [3.8, 4) is 11.5 Å². The van der Waals surface area contributed by atoms with Gasteiger partial charge in [-0.25, -0.2) is 4.98 Å². The SMILES string of the molecule is COc1ccccc1OCC(=O)NCCc1ncc(C)o1. The molecule has 0 aliphatic carbocycles. The number of oxazole rings is 1. The first-order valence-corrected chi connectivity index (χ1v) is 6.63. The molecule has 6 nitrogen and oxygen atoms in total. The summed E-state index contributed by atoms with van der Waals surface area (Å²) in [5.41, 5.74) is 0. The monoisotopic (exact) mass is 290 g/mol. The highest BCUT2D eigenvalue weighted by Gasteiger charge is 2.07. The molecule has 1 aromatic carbocycles. The van der Waals surface area contributed by atoms with Crippen LogP contribution in [-0.2, 0) is 11.2 Å². The van der Waals surface area contributed by atoms with E-state index in [1.54, 1.807) is 25.4 Å². The Balaban J connectivity index is 1.72. The number of carbonyl (C=O) groups excluding carboxylic acids is 1. The van der Waals surface area contributed by atoms with E-state index in [0.717, 1.165) is 5.76 Å². The van der Waals surface area contributed by atoms with Crippen molar-refractivity contribution in [3.05, 3.63) is 42.1 Å². The molecule has 0 unspecified atom stereocenters. The molecule has 0 radical (unpaired) electrons. The van der Waals surface area contributed by atoms with Crippen LogP contribution in [0.1, 0.15) is 11.7 Å². The number of aryl methyl sites for hydroxylation is 1. The normalized spacial score (nSPS) is 10.2. The maximum absolute atomic E-state index is 11.7. The van der Waals surface area contributed by atoms with E-state index in [4.69, 9.17) is 13.9 Å². The van der Waals surface area contributed by atoms with Gasteiger partial charge in [0, 0.05) is 13.0 Å². The molecule has 1 amide bonds. The number of nitrogens with zero attached hydrogens (tertiary/aromatic N) is 1. The maximum atomic E-state index is 11.7. The Morgan fingerprint density at radius 2 is 2.10 bits per heavy atom. The van der Waals surface area contributed by atoms with E-state index >= 15 is 0 Å². The molecule has 1 heterocycles. The quantitative estimate of drug-likeness (QED) is 0.840. The van der Waals surface area contributed by atoms with Crippen molar-refractivity contribution in [2.45, 2.75) is 13.3 Å². The first-order chi connectivity index (χ1) is 10.2. The summed E-state index contributed by atoms with van der Waals surface area (Å²) < 4.78 is 15.9. The highest BCUT2D eigenvalue weighted by molar-refractivity contribution is 5.77. The number of amides is 1. The second-order valence-electron chi connectivity index (χ2n) is 4.40. The number of ether oxygens (including phenoxy) is 2. The summed E-state index contributed by atoms with van der Waals surface area (Å²) in [5.74, 6) is 2.30. The topological polar surface area (TPSA) is 73.6 Å². The zero-order chi connectivity index (χ0) is 15.1. The molecule has 0 atom stereocenters. The van der Waals surface area contributed by atoms with Crippen molar-refractivity contribution in [1.82, 2.24) is 10.3 Å². The molecule has 112 valence electrons. The number of benzene rings is 1. The van der Waals surface area contributed by atoms with Gasteiger partial charge in [0.15, 0.2) is 24.0 Å². The molecule has 2 rings (SSSR count). The molecule has 0 bridgehead atoms. The Morgan fingerprint density at radius 1 is 1.33 bits per heavy atom. The summed E-state index contributed by atoms with van der Waals surface area (Å²) in [7, 11) is 1.56. The maximum Gasteiger partial charge on any atom is 0.257 e. The van der Waals surface area contributed by atoms with Gasteiger partial charge in [0.1, 0.15) is 5.76 Å². The van der Waals surface area contributed by atoms with Gasteiger partial charge in [-0.1, -0.05) is 12.1 Å². The van der Waals surface area contributed by atoms with Gasteiger partial charge in [0.2, 0.25) is 0 Å². The number of hydrogen-bond acceptors (Lipinski definition) is 5. The van der Waals surface area contributed by atoms with E-state index in [2.05, 4.69) is 10.3 Å². The smallest absolute Gasteiger partial charge is 0.257 e. The highest BCUT2D eigenvalue weighted by Crippen LogP contribution is 2.25. The van der Waals surface area contributed by atoms with E-state index in [1.165, 1.54) is 0 Å². The van der Waals surface area contributed by atoms with Crippen LogP contribution in [0.4, 0.5) is 0 Å². The van der Waals surface area contributed by atoms with E-state index in [9.17, 15) is 4.79 Å². The molecule has 0 aliphatic rings. The van der Waals surface area contributed by atoms with Crippen LogP contribution in [-0.4, -0.2) is 31.2 Å². The van der Waals surface area contributed by atoms with Crippen LogP contribution in [0.15, 0.2) is 34.9 Å². The molecular formula is C15H18N2O4. The van der Waals surface area contributed by atoms with Gasteiger partial charge in [-0.3, -0.25) is 4.79 Å². The number of hydrogen-bond donors (Lipinski definition) is 1. The van der Waals surface area contributed by atoms with Crippen LogP contribution in [0, 0.1) is 6.92 Å². The molecule has 0 fully saturated rings. The van der Waals surface area contributed by atoms with Crippen molar-refractivity contribution in [2.75, 3.05) is 20.3 Å². The summed E-state index contributed by atoms with van der Waals surface area (Å²) in [5, 5.41) is 2.74. The van der Waals surface area contributed by atoms with E-state index < -0.39 is 0 Å². The molecular weight excluding hydrogens is 272 g/mol. The molecule has 0 aliphatic heterocycles. The number of para-hydroxylation sites is 2. The van der Waals surface area contributed by atoms with Crippen molar-refractivity contribution < 1.29 is 18.7 Å². The number of rotatable bonds is 7. The highest BCUT2D eigenvalue weighted by atomic mass is 16.5. The van der Waals surface area contributed by atoms with E-state index in [0.29, 0.717) is 30.4 Å². The summed E-state index contributed by atoms with van der Waals surface area (Å²) in [6.07, 6.45) is 2.20. The summed E-state index contributed by atoms with van der Waals surface area (Å²) in [6.45, 7) is 2.22. The second kappa shape index (κ2) is 7.33. The Kier molecular flexibility index (Phi) is 5.20. The predicted molar refractivity (Wildman–Crippen MR) is 76.4 cm³/mol. The fourth-order valence-electron chi connectivity index (χ4n) is 1.76. The third-order valence-corrected chi connectivity index (χ3v) is 2.76. The number of nitrogens with one attached hydrogen (secondary N) is 1. The molecule has 21 heavy (non-hydrogen) atoms. The van der Waals surface area contributed by atoms with Crippen LogP contribution >= 0.6 is 0 Å². The van der Waals surface area contributed by atoms with Gasteiger partial charge in [-0.05, 0) is 19.1 Å². The van der Waals surface area contributed by atoms with Crippen molar-refractivity contribution in [1.29, 1.82) is 0 Å². The van der Waals surface area contributed by atoms with E-state index in [1.807, 2.05) is 19.1 Å².